The molecular formula is C13H12ClNO. The molecule has 0 aliphatic carbocycles. The van der Waals surface area contributed by atoms with E-state index in [1.54, 1.807) is 18.3 Å². The summed E-state index contributed by atoms with van der Waals surface area (Å²) in [6, 6.07) is 11.2. The van der Waals surface area contributed by atoms with Crippen molar-refractivity contribution in [3.8, 4) is 11.6 Å². The first kappa shape index (κ1) is 11.0. The van der Waals surface area contributed by atoms with E-state index >= 15 is 0 Å². The first-order valence-corrected chi connectivity index (χ1v) is 5.54. The summed E-state index contributed by atoms with van der Waals surface area (Å²) in [7, 11) is 0. The Morgan fingerprint density at radius 3 is 2.62 bits per heavy atom. The molecule has 0 amide bonds. The van der Waals surface area contributed by atoms with Crippen LogP contribution in [0.5, 0.6) is 11.6 Å². The minimum atomic E-state index is 0.660. The summed E-state index contributed by atoms with van der Waals surface area (Å²) in [6.07, 6.45) is 2.63. The first-order valence-electron chi connectivity index (χ1n) is 5.17. The molecule has 2 aromatic rings. The van der Waals surface area contributed by atoms with Gasteiger partial charge in [0.25, 0.3) is 0 Å². The number of pyridine rings is 1. The molecule has 0 unspecified atom stereocenters. The molecule has 0 saturated heterocycles. The van der Waals surface area contributed by atoms with Crippen LogP contribution in [-0.4, -0.2) is 4.98 Å². The highest BCUT2D eigenvalue weighted by Crippen LogP contribution is 2.24. The lowest BCUT2D eigenvalue weighted by Gasteiger charge is -2.08. The molecule has 3 heteroatoms. The normalized spacial score (nSPS) is 10.1. The summed E-state index contributed by atoms with van der Waals surface area (Å²) in [5, 5.41) is 0.698. The van der Waals surface area contributed by atoms with Crippen LogP contribution < -0.4 is 4.74 Å². The van der Waals surface area contributed by atoms with E-state index in [0.29, 0.717) is 10.9 Å². The lowest BCUT2D eigenvalue weighted by molar-refractivity contribution is 0.457. The molecule has 1 aromatic heterocycles. The standard InChI is InChI=1S/C13H12ClNO/c1-2-10-4-3-9-15-13(10)16-12-7-5-11(14)6-8-12/h3-9H,2H2,1H3. The van der Waals surface area contributed by atoms with E-state index in [1.807, 2.05) is 24.3 Å². The minimum absolute atomic E-state index is 0.660. The largest absolute Gasteiger partial charge is 0.439 e. The number of halogens is 1. The average molecular weight is 234 g/mol. The van der Waals surface area contributed by atoms with Gasteiger partial charge in [-0.25, -0.2) is 4.98 Å². The van der Waals surface area contributed by atoms with Crippen molar-refractivity contribution in [3.05, 3.63) is 53.2 Å². The third kappa shape index (κ3) is 2.52. The molecule has 82 valence electrons. The van der Waals surface area contributed by atoms with Crippen LogP contribution in [0.2, 0.25) is 5.02 Å². The zero-order valence-electron chi connectivity index (χ0n) is 8.98. The highest BCUT2D eigenvalue weighted by molar-refractivity contribution is 6.30. The Bertz CT molecular complexity index is 468. The van der Waals surface area contributed by atoms with E-state index in [-0.39, 0.29) is 0 Å². The quantitative estimate of drug-likeness (QED) is 0.797. The van der Waals surface area contributed by atoms with Gasteiger partial charge in [-0.1, -0.05) is 24.6 Å². The summed E-state index contributed by atoms with van der Waals surface area (Å²) >= 11 is 5.80. The Morgan fingerprint density at radius 1 is 1.19 bits per heavy atom. The lowest BCUT2D eigenvalue weighted by Crippen LogP contribution is -1.92. The number of aromatic nitrogens is 1. The number of nitrogens with zero attached hydrogens (tertiary/aromatic N) is 1. The van der Waals surface area contributed by atoms with Gasteiger partial charge in [0.2, 0.25) is 5.88 Å². The van der Waals surface area contributed by atoms with E-state index in [0.717, 1.165) is 17.7 Å². The molecule has 2 nitrogen and oxygen atoms in total. The maximum Gasteiger partial charge on any atom is 0.222 e. The topological polar surface area (TPSA) is 22.1 Å². The molecule has 2 rings (SSSR count). The van der Waals surface area contributed by atoms with E-state index in [1.165, 1.54) is 0 Å². The third-order valence-corrected chi connectivity index (χ3v) is 2.51. The molecule has 0 fully saturated rings. The van der Waals surface area contributed by atoms with Gasteiger partial charge in [-0.3, -0.25) is 0 Å². The molecule has 0 atom stereocenters. The van der Waals surface area contributed by atoms with Gasteiger partial charge in [0, 0.05) is 16.8 Å². The van der Waals surface area contributed by atoms with Gasteiger partial charge in [0.15, 0.2) is 0 Å². The van der Waals surface area contributed by atoms with Crippen LogP contribution in [0.25, 0.3) is 0 Å². The van der Waals surface area contributed by atoms with Crippen LogP contribution in [0.15, 0.2) is 42.6 Å². The third-order valence-electron chi connectivity index (χ3n) is 2.26. The van der Waals surface area contributed by atoms with E-state index in [2.05, 4.69) is 11.9 Å². The Labute approximate surface area is 99.9 Å². The summed E-state index contributed by atoms with van der Waals surface area (Å²) < 4.78 is 5.69. The summed E-state index contributed by atoms with van der Waals surface area (Å²) in [4.78, 5) is 4.21. The van der Waals surface area contributed by atoms with Crippen molar-refractivity contribution < 1.29 is 4.74 Å². The van der Waals surface area contributed by atoms with Crippen molar-refractivity contribution in [2.24, 2.45) is 0 Å². The van der Waals surface area contributed by atoms with E-state index in [9.17, 15) is 0 Å². The summed E-state index contributed by atoms with van der Waals surface area (Å²) in [6.45, 7) is 2.08. The van der Waals surface area contributed by atoms with Crippen molar-refractivity contribution in [3.63, 3.8) is 0 Å². The SMILES string of the molecule is CCc1cccnc1Oc1ccc(Cl)cc1. The van der Waals surface area contributed by atoms with Crippen molar-refractivity contribution in [2.45, 2.75) is 13.3 Å². The lowest BCUT2D eigenvalue weighted by atomic mass is 10.2. The van der Waals surface area contributed by atoms with Gasteiger partial charge in [-0.05, 0) is 36.8 Å². The van der Waals surface area contributed by atoms with E-state index < -0.39 is 0 Å². The molecule has 1 heterocycles. The van der Waals surface area contributed by atoms with Gasteiger partial charge >= 0.3 is 0 Å². The molecule has 0 aliphatic heterocycles. The number of rotatable bonds is 3. The van der Waals surface area contributed by atoms with Crippen molar-refractivity contribution >= 4 is 11.6 Å². The van der Waals surface area contributed by atoms with Crippen LogP contribution >= 0.6 is 11.6 Å². The second-order valence-electron chi connectivity index (χ2n) is 3.38. The molecule has 0 spiro atoms. The van der Waals surface area contributed by atoms with E-state index in [4.69, 9.17) is 16.3 Å². The van der Waals surface area contributed by atoms with Crippen molar-refractivity contribution in [1.29, 1.82) is 0 Å². The molecule has 0 bridgehead atoms. The van der Waals surface area contributed by atoms with Crippen LogP contribution in [0.3, 0.4) is 0 Å². The van der Waals surface area contributed by atoms with Gasteiger partial charge in [-0.2, -0.15) is 0 Å². The fourth-order valence-corrected chi connectivity index (χ4v) is 1.53. The average Bonchev–Trinajstić information content (AvgIpc) is 2.33. The van der Waals surface area contributed by atoms with Crippen LogP contribution in [0.4, 0.5) is 0 Å². The second-order valence-corrected chi connectivity index (χ2v) is 3.81. The van der Waals surface area contributed by atoms with Crippen LogP contribution in [0.1, 0.15) is 12.5 Å². The van der Waals surface area contributed by atoms with Crippen LogP contribution in [0, 0.1) is 0 Å². The molecule has 0 N–H and O–H groups in total. The molecule has 0 saturated carbocycles. The molecular weight excluding hydrogens is 222 g/mol. The summed E-state index contributed by atoms with van der Waals surface area (Å²) in [5.74, 6) is 1.41. The summed E-state index contributed by atoms with van der Waals surface area (Å²) in [5.41, 5.74) is 1.09. The highest BCUT2D eigenvalue weighted by Gasteiger charge is 2.03. The number of ether oxygens (including phenoxy) is 1. The smallest absolute Gasteiger partial charge is 0.222 e. The zero-order valence-corrected chi connectivity index (χ0v) is 9.74. The first-order chi connectivity index (χ1) is 7.79. The second kappa shape index (κ2) is 4.99. The Kier molecular flexibility index (Phi) is 3.42. The Hall–Kier alpha value is -1.54. The van der Waals surface area contributed by atoms with Gasteiger partial charge in [-0.15, -0.1) is 0 Å². The number of benzene rings is 1. The van der Waals surface area contributed by atoms with Gasteiger partial charge < -0.3 is 4.74 Å². The molecule has 1 aromatic carbocycles. The minimum Gasteiger partial charge on any atom is -0.439 e. The van der Waals surface area contributed by atoms with Gasteiger partial charge in [0.1, 0.15) is 5.75 Å². The fourth-order valence-electron chi connectivity index (χ4n) is 1.40. The maximum atomic E-state index is 5.80. The van der Waals surface area contributed by atoms with Crippen molar-refractivity contribution in [2.75, 3.05) is 0 Å². The maximum absolute atomic E-state index is 5.80. The fraction of sp³-hybridized carbons (Fsp3) is 0.154. The monoisotopic (exact) mass is 233 g/mol. The molecule has 16 heavy (non-hydrogen) atoms. The van der Waals surface area contributed by atoms with Crippen LogP contribution in [-0.2, 0) is 6.42 Å². The zero-order chi connectivity index (χ0) is 11.4. The van der Waals surface area contributed by atoms with Crippen molar-refractivity contribution in [1.82, 2.24) is 4.98 Å². The highest BCUT2D eigenvalue weighted by atomic mass is 35.5. The Balaban J connectivity index is 2.23. The number of hydrogen-bond donors (Lipinski definition) is 0. The predicted molar refractivity (Wildman–Crippen MR) is 65.1 cm³/mol. The molecule has 0 aliphatic rings. The molecule has 0 radical (unpaired) electrons. The van der Waals surface area contributed by atoms with Gasteiger partial charge in [0.05, 0.1) is 0 Å². The Morgan fingerprint density at radius 2 is 1.94 bits per heavy atom. The predicted octanol–water partition coefficient (Wildman–Crippen LogP) is 4.09. The number of hydrogen-bond acceptors (Lipinski definition) is 2. The number of aryl methyl sites for hydroxylation is 1.